The second-order valence-electron chi connectivity index (χ2n) is 8.29. The van der Waals surface area contributed by atoms with Crippen LogP contribution in [0.4, 0.5) is 17.6 Å². The quantitative estimate of drug-likeness (QED) is 0.688. The Morgan fingerprint density at radius 3 is 2.68 bits per heavy atom. The van der Waals surface area contributed by atoms with Crippen LogP contribution in [0.15, 0.2) is 24.3 Å². The molecule has 3 aliphatic rings. The highest BCUT2D eigenvalue weighted by Gasteiger charge is 2.37. The molecule has 31 heavy (non-hydrogen) atoms. The number of nitrogens with one attached hydrogen (secondary N) is 2. The number of methoxy groups -OCH3 is 1. The number of hydrogen-bond donors (Lipinski definition) is 2. The van der Waals surface area contributed by atoms with Crippen LogP contribution in [0.2, 0.25) is 0 Å². The van der Waals surface area contributed by atoms with E-state index in [0.717, 1.165) is 76.3 Å². The van der Waals surface area contributed by atoms with Crippen LogP contribution in [0.3, 0.4) is 0 Å². The van der Waals surface area contributed by atoms with Gasteiger partial charge < -0.3 is 19.7 Å². The molecule has 1 aromatic heterocycles. The number of hydrogen-bond acceptors (Lipinski definition) is 9. The summed E-state index contributed by atoms with van der Waals surface area (Å²) >= 11 is 0. The van der Waals surface area contributed by atoms with Crippen LogP contribution in [0.5, 0.6) is 5.75 Å². The maximum Gasteiger partial charge on any atom is 0.226 e. The van der Waals surface area contributed by atoms with Gasteiger partial charge in [-0.1, -0.05) is 12.1 Å². The van der Waals surface area contributed by atoms with E-state index in [9.17, 15) is 0 Å². The molecule has 0 amide bonds. The van der Waals surface area contributed by atoms with Gasteiger partial charge in [0, 0.05) is 46.3 Å². The average molecular weight is 426 g/mol. The highest BCUT2D eigenvalue weighted by molar-refractivity contribution is 5.68. The Kier molecular flexibility index (Phi) is 5.80. The summed E-state index contributed by atoms with van der Waals surface area (Å²) in [5.41, 5.74) is 5.99. The Hall–Kier alpha value is -2.62. The highest BCUT2D eigenvalue weighted by Crippen LogP contribution is 2.43. The Morgan fingerprint density at radius 2 is 1.90 bits per heavy atom. The first-order chi connectivity index (χ1) is 15.2. The zero-order chi connectivity index (χ0) is 21.2. The maximum atomic E-state index is 5.44. The van der Waals surface area contributed by atoms with E-state index in [1.54, 1.807) is 7.11 Å². The molecular weight excluding hydrogens is 394 g/mol. The molecule has 2 aromatic rings. The van der Waals surface area contributed by atoms with Crippen molar-refractivity contribution in [2.45, 2.75) is 19.0 Å². The second-order valence-corrected chi connectivity index (χ2v) is 8.29. The SMILES string of the molecule is COc1ccc(CN2CCC3NN(C)c4nc(NCCN5CCOCC5)nc2c43)cc1. The molecule has 1 fully saturated rings. The molecule has 4 heterocycles. The van der Waals surface area contributed by atoms with Gasteiger partial charge in [-0.15, -0.1) is 0 Å². The number of benzene rings is 1. The molecule has 5 rings (SSSR count). The molecule has 9 heteroatoms. The Morgan fingerprint density at radius 1 is 1.13 bits per heavy atom. The zero-order valence-corrected chi connectivity index (χ0v) is 18.3. The van der Waals surface area contributed by atoms with Crippen LogP contribution in [0, 0.1) is 0 Å². The number of aromatic nitrogens is 2. The van der Waals surface area contributed by atoms with Crippen molar-refractivity contribution in [1.29, 1.82) is 0 Å². The van der Waals surface area contributed by atoms with Gasteiger partial charge in [-0.25, -0.2) is 5.43 Å². The van der Waals surface area contributed by atoms with E-state index >= 15 is 0 Å². The van der Waals surface area contributed by atoms with E-state index in [0.29, 0.717) is 5.95 Å². The summed E-state index contributed by atoms with van der Waals surface area (Å²) in [6.07, 6.45) is 1.04. The predicted octanol–water partition coefficient (Wildman–Crippen LogP) is 1.64. The first-order valence-electron chi connectivity index (χ1n) is 11.0. The fourth-order valence-electron chi connectivity index (χ4n) is 4.55. The summed E-state index contributed by atoms with van der Waals surface area (Å²) in [6, 6.07) is 8.56. The summed E-state index contributed by atoms with van der Waals surface area (Å²) in [6.45, 7) is 7.16. The third kappa shape index (κ3) is 4.26. The van der Waals surface area contributed by atoms with Crippen molar-refractivity contribution in [1.82, 2.24) is 20.3 Å². The molecule has 1 unspecified atom stereocenters. The number of nitrogens with zero attached hydrogens (tertiary/aromatic N) is 5. The normalized spacial score (nSPS) is 20.6. The van der Waals surface area contributed by atoms with Crippen molar-refractivity contribution < 1.29 is 9.47 Å². The van der Waals surface area contributed by atoms with Gasteiger partial charge in [-0.2, -0.15) is 9.97 Å². The second kappa shape index (κ2) is 8.86. The number of morpholine rings is 1. The summed E-state index contributed by atoms with van der Waals surface area (Å²) < 4.78 is 10.7. The molecular formula is C22H31N7O2. The van der Waals surface area contributed by atoms with Gasteiger partial charge in [0.25, 0.3) is 0 Å². The summed E-state index contributed by atoms with van der Waals surface area (Å²) in [7, 11) is 3.73. The Balaban J connectivity index is 1.34. The first-order valence-corrected chi connectivity index (χ1v) is 11.0. The zero-order valence-electron chi connectivity index (χ0n) is 18.3. The van der Waals surface area contributed by atoms with Crippen molar-refractivity contribution in [3.8, 4) is 5.75 Å². The maximum absolute atomic E-state index is 5.44. The minimum absolute atomic E-state index is 0.282. The number of rotatable bonds is 7. The molecule has 1 atom stereocenters. The molecule has 0 spiro atoms. The molecule has 1 saturated heterocycles. The summed E-state index contributed by atoms with van der Waals surface area (Å²) in [4.78, 5) is 14.6. The first kappa shape index (κ1) is 20.3. The van der Waals surface area contributed by atoms with E-state index in [1.807, 2.05) is 24.2 Å². The van der Waals surface area contributed by atoms with Crippen LogP contribution in [0.1, 0.15) is 23.6 Å². The third-order valence-electron chi connectivity index (χ3n) is 6.26. The number of hydrazine groups is 1. The van der Waals surface area contributed by atoms with E-state index in [-0.39, 0.29) is 6.04 Å². The van der Waals surface area contributed by atoms with E-state index in [4.69, 9.17) is 19.4 Å². The van der Waals surface area contributed by atoms with Crippen LogP contribution >= 0.6 is 0 Å². The lowest BCUT2D eigenvalue weighted by molar-refractivity contribution is 0.0398. The fraction of sp³-hybridized carbons (Fsp3) is 0.545. The highest BCUT2D eigenvalue weighted by atomic mass is 16.5. The van der Waals surface area contributed by atoms with Gasteiger partial charge in [-0.05, 0) is 24.1 Å². The molecule has 2 N–H and O–H groups in total. The van der Waals surface area contributed by atoms with Gasteiger partial charge >= 0.3 is 0 Å². The van der Waals surface area contributed by atoms with E-state index in [2.05, 4.69) is 32.7 Å². The van der Waals surface area contributed by atoms with Gasteiger partial charge in [-0.3, -0.25) is 9.91 Å². The Bertz CT molecular complexity index is 901. The minimum atomic E-state index is 0.282. The average Bonchev–Trinajstić information content (AvgIpc) is 3.13. The molecule has 9 nitrogen and oxygen atoms in total. The van der Waals surface area contributed by atoms with E-state index in [1.165, 1.54) is 11.1 Å². The van der Waals surface area contributed by atoms with Crippen LogP contribution in [-0.2, 0) is 11.3 Å². The van der Waals surface area contributed by atoms with E-state index < -0.39 is 0 Å². The number of anilines is 3. The lowest BCUT2D eigenvalue weighted by atomic mass is 10.0. The van der Waals surface area contributed by atoms with Gasteiger partial charge in [0.2, 0.25) is 5.95 Å². The Labute approximate surface area is 183 Å². The number of ether oxygens (including phenoxy) is 2. The molecule has 166 valence electrons. The third-order valence-corrected chi connectivity index (χ3v) is 6.26. The minimum Gasteiger partial charge on any atom is -0.497 e. The van der Waals surface area contributed by atoms with Gasteiger partial charge in [0.05, 0.1) is 31.9 Å². The van der Waals surface area contributed by atoms with Crippen molar-refractivity contribution >= 4 is 17.6 Å². The molecule has 1 aromatic carbocycles. The lowest BCUT2D eigenvalue weighted by Crippen LogP contribution is -2.39. The molecule has 3 aliphatic heterocycles. The summed E-state index contributed by atoms with van der Waals surface area (Å²) in [5, 5.41) is 5.49. The van der Waals surface area contributed by atoms with Crippen molar-refractivity contribution in [3.63, 3.8) is 0 Å². The smallest absolute Gasteiger partial charge is 0.226 e. The van der Waals surface area contributed by atoms with Crippen molar-refractivity contribution in [2.24, 2.45) is 0 Å². The standard InChI is InChI=1S/C22H31N7O2/c1-27-20-19-18(26-27)7-9-29(15-16-3-5-17(30-2)6-4-16)21(19)25-22(24-20)23-8-10-28-11-13-31-14-12-28/h3-6,18,26H,7-15H2,1-2H3,(H,23,24,25). The summed E-state index contributed by atoms with van der Waals surface area (Å²) in [5.74, 6) is 3.58. The van der Waals surface area contributed by atoms with Crippen molar-refractivity contribution in [3.05, 3.63) is 35.4 Å². The van der Waals surface area contributed by atoms with Crippen molar-refractivity contribution in [2.75, 3.05) is 75.3 Å². The molecule has 0 saturated carbocycles. The lowest BCUT2D eigenvalue weighted by Gasteiger charge is -2.32. The largest absolute Gasteiger partial charge is 0.497 e. The van der Waals surface area contributed by atoms with Gasteiger partial charge in [0.1, 0.15) is 11.6 Å². The monoisotopic (exact) mass is 425 g/mol. The van der Waals surface area contributed by atoms with Crippen LogP contribution in [-0.4, -0.2) is 75.0 Å². The molecule has 0 radical (unpaired) electrons. The molecule has 0 bridgehead atoms. The van der Waals surface area contributed by atoms with Crippen LogP contribution < -0.4 is 25.4 Å². The topological polar surface area (TPSA) is 78.0 Å². The fourth-order valence-corrected chi connectivity index (χ4v) is 4.55. The van der Waals surface area contributed by atoms with Gasteiger partial charge in [0.15, 0.2) is 5.82 Å². The molecule has 0 aliphatic carbocycles. The van der Waals surface area contributed by atoms with Crippen LogP contribution in [0.25, 0.3) is 0 Å². The predicted molar refractivity (Wildman–Crippen MR) is 121 cm³/mol.